The van der Waals surface area contributed by atoms with Crippen LogP contribution in [0.5, 0.6) is 0 Å². The molecule has 1 saturated carbocycles. The van der Waals surface area contributed by atoms with Crippen LogP contribution in [0.4, 0.5) is 5.69 Å². The van der Waals surface area contributed by atoms with Gasteiger partial charge in [-0.2, -0.15) is 0 Å². The molecule has 0 aliphatic heterocycles. The fourth-order valence-electron chi connectivity index (χ4n) is 2.67. The number of halogens is 1. The normalized spacial score (nSPS) is 24.6. The molecule has 0 spiro atoms. The Morgan fingerprint density at radius 3 is 2.82 bits per heavy atom. The molecule has 2 nitrogen and oxygen atoms in total. The molecule has 2 unspecified atom stereocenters. The second-order valence-corrected chi connectivity index (χ2v) is 5.34. The van der Waals surface area contributed by atoms with E-state index in [0.29, 0.717) is 5.92 Å². The van der Waals surface area contributed by atoms with Crippen molar-refractivity contribution in [3.63, 3.8) is 0 Å². The van der Waals surface area contributed by atoms with Gasteiger partial charge in [0.2, 0.25) is 0 Å². The topological polar surface area (TPSA) is 24.9 Å². The van der Waals surface area contributed by atoms with Gasteiger partial charge in [-0.3, -0.25) is 4.98 Å². The molecule has 0 aromatic carbocycles. The Bertz CT molecular complexity index is 354. The van der Waals surface area contributed by atoms with E-state index in [1.54, 1.807) is 0 Å². The van der Waals surface area contributed by atoms with Crippen LogP contribution in [0.15, 0.2) is 18.5 Å². The summed E-state index contributed by atoms with van der Waals surface area (Å²) in [6, 6.07) is 2.05. The van der Waals surface area contributed by atoms with Crippen LogP contribution in [0.1, 0.15) is 31.2 Å². The van der Waals surface area contributed by atoms with Crippen LogP contribution < -0.4 is 5.32 Å². The lowest BCUT2D eigenvalue weighted by Crippen LogP contribution is -2.27. The number of alkyl halides is 1. The number of aryl methyl sites for hydroxylation is 1. The molecule has 1 aromatic heterocycles. The summed E-state index contributed by atoms with van der Waals surface area (Å²) in [4.78, 5) is 4.11. The Morgan fingerprint density at radius 1 is 1.35 bits per heavy atom. The maximum Gasteiger partial charge on any atom is 0.0400 e. The van der Waals surface area contributed by atoms with Crippen molar-refractivity contribution in [2.45, 2.75) is 32.6 Å². The van der Waals surface area contributed by atoms with Crippen molar-refractivity contribution in [2.24, 2.45) is 11.8 Å². The van der Waals surface area contributed by atoms with Crippen molar-refractivity contribution in [2.75, 3.05) is 17.7 Å². The van der Waals surface area contributed by atoms with Crippen molar-refractivity contribution in [3.8, 4) is 0 Å². The molecule has 0 radical (unpaired) electrons. The van der Waals surface area contributed by atoms with Crippen molar-refractivity contribution < 1.29 is 0 Å². The van der Waals surface area contributed by atoms with Gasteiger partial charge >= 0.3 is 0 Å². The van der Waals surface area contributed by atoms with Gasteiger partial charge in [-0.05, 0) is 43.2 Å². The van der Waals surface area contributed by atoms with Gasteiger partial charge in [0.25, 0.3) is 0 Å². The average molecular weight is 253 g/mol. The number of nitrogens with one attached hydrogen (secondary N) is 1. The number of hydrogen-bond donors (Lipinski definition) is 1. The molecular weight excluding hydrogens is 232 g/mol. The highest BCUT2D eigenvalue weighted by molar-refractivity contribution is 6.18. The molecule has 1 N–H and O–H groups in total. The van der Waals surface area contributed by atoms with Gasteiger partial charge in [-0.15, -0.1) is 11.6 Å². The molecule has 0 amide bonds. The van der Waals surface area contributed by atoms with Crippen molar-refractivity contribution in [1.82, 2.24) is 4.98 Å². The zero-order chi connectivity index (χ0) is 12.1. The lowest BCUT2D eigenvalue weighted by molar-refractivity contribution is 0.272. The van der Waals surface area contributed by atoms with E-state index >= 15 is 0 Å². The fraction of sp³-hybridized carbons (Fsp3) is 0.643. The second kappa shape index (κ2) is 6.25. The third kappa shape index (κ3) is 3.35. The molecule has 17 heavy (non-hydrogen) atoms. The maximum atomic E-state index is 6.05. The molecule has 1 aliphatic rings. The Kier molecular flexibility index (Phi) is 4.66. The predicted octanol–water partition coefficient (Wildman–Crippen LogP) is 3.85. The molecule has 3 heteroatoms. The average Bonchev–Trinajstić information content (AvgIpc) is 2.38. The molecule has 94 valence electrons. The van der Waals surface area contributed by atoms with Gasteiger partial charge in [-0.1, -0.05) is 12.8 Å². The van der Waals surface area contributed by atoms with E-state index in [1.807, 2.05) is 18.5 Å². The van der Waals surface area contributed by atoms with E-state index in [2.05, 4.69) is 17.2 Å². The van der Waals surface area contributed by atoms with Crippen LogP contribution in [0.2, 0.25) is 0 Å². The summed E-state index contributed by atoms with van der Waals surface area (Å²) in [7, 11) is 0. The summed E-state index contributed by atoms with van der Waals surface area (Å²) in [5.74, 6) is 2.23. The molecule has 1 aromatic rings. The van der Waals surface area contributed by atoms with E-state index in [1.165, 1.54) is 36.9 Å². The fourth-order valence-corrected chi connectivity index (χ4v) is 3.08. The van der Waals surface area contributed by atoms with Crippen molar-refractivity contribution >= 4 is 17.3 Å². The highest BCUT2D eigenvalue weighted by Crippen LogP contribution is 2.31. The lowest BCUT2D eigenvalue weighted by Gasteiger charge is -2.30. The molecule has 1 aliphatic carbocycles. The summed E-state index contributed by atoms with van der Waals surface area (Å²) >= 11 is 6.05. The summed E-state index contributed by atoms with van der Waals surface area (Å²) in [6.07, 6.45) is 9.06. The number of hydrogen-bond acceptors (Lipinski definition) is 2. The zero-order valence-corrected chi connectivity index (χ0v) is 11.2. The molecular formula is C14H21ClN2. The number of rotatable bonds is 4. The Hall–Kier alpha value is -0.760. The van der Waals surface area contributed by atoms with Crippen LogP contribution in [0.3, 0.4) is 0 Å². The third-order valence-electron chi connectivity index (χ3n) is 3.84. The summed E-state index contributed by atoms with van der Waals surface area (Å²) in [5, 5.41) is 3.55. The number of anilines is 1. The SMILES string of the molecule is Cc1cnccc1NCC1CCCCC1CCl. The van der Waals surface area contributed by atoms with Crippen LogP contribution in [-0.2, 0) is 0 Å². The van der Waals surface area contributed by atoms with Crippen molar-refractivity contribution in [1.29, 1.82) is 0 Å². The Labute approximate surface area is 109 Å². The highest BCUT2D eigenvalue weighted by atomic mass is 35.5. The Morgan fingerprint density at radius 2 is 2.12 bits per heavy atom. The van der Waals surface area contributed by atoms with E-state index in [4.69, 9.17) is 11.6 Å². The molecule has 0 saturated heterocycles. The van der Waals surface area contributed by atoms with Crippen LogP contribution in [-0.4, -0.2) is 17.4 Å². The van der Waals surface area contributed by atoms with Crippen LogP contribution in [0, 0.1) is 18.8 Å². The standard InChI is InChI=1S/C14H21ClN2/c1-11-9-16-7-6-14(11)17-10-13-5-3-2-4-12(13)8-15/h6-7,9,12-13H,2-5,8,10H2,1H3,(H,16,17). The van der Waals surface area contributed by atoms with Gasteiger partial charge in [0.05, 0.1) is 0 Å². The first-order chi connectivity index (χ1) is 8.31. The van der Waals surface area contributed by atoms with Gasteiger partial charge in [0.15, 0.2) is 0 Å². The van der Waals surface area contributed by atoms with Gasteiger partial charge in [0.1, 0.15) is 0 Å². The second-order valence-electron chi connectivity index (χ2n) is 5.03. The van der Waals surface area contributed by atoms with Crippen molar-refractivity contribution in [3.05, 3.63) is 24.0 Å². The van der Waals surface area contributed by atoms with Gasteiger partial charge < -0.3 is 5.32 Å². The van der Waals surface area contributed by atoms with Crippen LogP contribution in [0.25, 0.3) is 0 Å². The smallest absolute Gasteiger partial charge is 0.0400 e. The van der Waals surface area contributed by atoms with Gasteiger partial charge in [-0.25, -0.2) is 0 Å². The largest absolute Gasteiger partial charge is 0.384 e. The third-order valence-corrected chi connectivity index (χ3v) is 4.24. The molecule has 0 bridgehead atoms. The number of pyridine rings is 1. The molecule has 2 atom stereocenters. The first kappa shape index (κ1) is 12.7. The first-order valence-corrected chi connectivity index (χ1v) is 7.05. The summed E-state index contributed by atoms with van der Waals surface area (Å²) in [5.41, 5.74) is 2.42. The van der Waals surface area contributed by atoms with Crippen LogP contribution >= 0.6 is 11.6 Å². The monoisotopic (exact) mass is 252 g/mol. The molecule has 2 rings (SSSR count). The summed E-state index contributed by atoms with van der Waals surface area (Å²) < 4.78 is 0. The minimum Gasteiger partial charge on any atom is -0.384 e. The van der Waals surface area contributed by atoms with E-state index < -0.39 is 0 Å². The maximum absolute atomic E-state index is 6.05. The van der Waals surface area contributed by atoms with E-state index in [0.717, 1.165) is 18.3 Å². The molecule has 1 heterocycles. The summed E-state index contributed by atoms with van der Waals surface area (Å²) in [6.45, 7) is 3.14. The number of aromatic nitrogens is 1. The predicted molar refractivity (Wildman–Crippen MR) is 73.6 cm³/mol. The van der Waals surface area contributed by atoms with E-state index in [9.17, 15) is 0 Å². The minimum atomic E-state index is 0.695. The number of nitrogens with zero attached hydrogens (tertiary/aromatic N) is 1. The van der Waals surface area contributed by atoms with Gasteiger partial charge in [0, 0.05) is 30.5 Å². The zero-order valence-electron chi connectivity index (χ0n) is 10.5. The minimum absolute atomic E-state index is 0.695. The first-order valence-electron chi connectivity index (χ1n) is 6.51. The highest BCUT2D eigenvalue weighted by Gasteiger charge is 2.23. The Balaban J connectivity index is 1.90. The lowest BCUT2D eigenvalue weighted by atomic mass is 9.80. The van der Waals surface area contributed by atoms with E-state index in [-0.39, 0.29) is 0 Å². The molecule has 1 fully saturated rings. The quantitative estimate of drug-likeness (QED) is 0.824.